The average molecular weight is 573 g/mol. The molecule has 3 aromatic carbocycles. The summed E-state index contributed by atoms with van der Waals surface area (Å²) < 4.78 is 10.1. The number of rotatable bonds is 13. The molecule has 0 saturated carbocycles. The summed E-state index contributed by atoms with van der Waals surface area (Å²) in [6, 6.07) is 21.8. The summed E-state index contributed by atoms with van der Waals surface area (Å²) in [5, 5.41) is 19.3. The molecule has 2 heterocycles. The third-order valence-corrected chi connectivity index (χ3v) is 8.48. The van der Waals surface area contributed by atoms with Crippen LogP contribution < -0.4 is 4.74 Å². The van der Waals surface area contributed by atoms with Crippen LogP contribution in [0.4, 0.5) is 0 Å². The smallest absolute Gasteiger partial charge is 0.307 e. The first-order chi connectivity index (χ1) is 19.5. The van der Waals surface area contributed by atoms with E-state index in [9.17, 15) is 14.7 Å². The Hall–Kier alpha value is -4.08. The molecule has 5 aromatic rings. The number of aromatic nitrogens is 2. The van der Waals surface area contributed by atoms with E-state index in [1.54, 1.807) is 23.1 Å². The van der Waals surface area contributed by atoms with Gasteiger partial charge in [-0.05, 0) is 53.4 Å². The van der Waals surface area contributed by atoms with Crippen LogP contribution in [0.2, 0.25) is 0 Å². The van der Waals surface area contributed by atoms with Crippen molar-refractivity contribution < 1.29 is 24.5 Å². The standard InChI is InChI=1S/C31H28N2O5S2/c34-28(35)9-4-16-33-20-23(19-29(36)37)30-22(5-3-7-26(30)33)13-10-21-11-14-24(15-12-21)38-17-18-39-31-32-25-6-1-2-8-27(25)40-31/h1-3,5-8,10-15,20H,4,9,16-19H2,(H,34,35)(H,36,37). The maximum Gasteiger partial charge on any atom is 0.307 e. The van der Waals surface area contributed by atoms with Crippen LogP contribution in [0.1, 0.15) is 29.5 Å². The van der Waals surface area contributed by atoms with Crippen LogP contribution in [0.3, 0.4) is 0 Å². The van der Waals surface area contributed by atoms with Crippen LogP contribution in [-0.4, -0.2) is 44.1 Å². The Morgan fingerprint density at radius 1 is 0.975 bits per heavy atom. The van der Waals surface area contributed by atoms with E-state index >= 15 is 0 Å². The van der Waals surface area contributed by atoms with E-state index in [-0.39, 0.29) is 12.8 Å². The Labute approximate surface area is 239 Å². The lowest BCUT2D eigenvalue weighted by Crippen LogP contribution is -2.01. The first-order valence-corrected chi connectivity index (χ1v) is 14.7. The van der Waals surface area contributed by atoms with Gasteiger partial charge in [-0.2, -0.15) is 0 Å². The molecule has 2 N–H and O–H groups in total. The van der Waals surface area contributed by atoms with E-state index in [1.807, 2.05) is 83.6 Å². The third kappa shape index (κ3) is 6.91. The molecule has 0 amide bonds. The number of nitrogens with zero attached hydrogens (tertiary/aromatic N) is 2. The molecular formula is C31H28N2O5S2. The first kappa shape index (κ1) is 27.5. The second-order valence-corrected chi connectivity index (χ2v) is 11.6. The molecular weight excluding hydrogens is 544 g/mol. The molecule has 0 aliphatic rings. The number of aliphatic carboxylic acids is 2. The molecule has 0 aliphatic carbocycles. The summed E-state index contributed by atoms with van der Waals surface area (Å²) in [5.41, 5.74) is 4.55. The first-order valence-electron chi connectivity index (χ1n) is 12.9. The fraction of sp³-hybridized carbons (Fsp3) is 0.194. The van der Waals surface area contributed by atoms with Gasteiger partial charge in [0.05, 0.1) is 23.2 Å². The second-order valence-electron chi connectivity index (χ2n) is 9.20. The number of thioether (sulfide) groups is 1. The molecule has 0 fully saturated rings. The van der Waals surface area contributed by atoms with Crippen LogP contribution in [0.25, 0.3) is 33.3 Å². The molecule has 5 rings (SSSR count). The highest BCUT2D eigenvalue weighted by Gasteiger charge is 2.14. The number of hydrogen-bond acceptors (Lipinski definition) is 6. The number of benzene rings is 3. The molecule has 2 aromatic heterocycles. The maximum absolute atomic E-state index is 11.5. The predicted octanol–water partition coefficient (Wildman–Crippen LogP) is 7.08. The zero-order valence-electron chi connectivity index (χ0n) is 21.7. The number of carboxylic acid groups (broad SMARTS) is 2. The Bertz CT molecular complexity index is 1640. The minimum atomic E-state index is -0.905. The van der Waals surface area contributed by atoms with Crippen molar-refractivity contribution in [2.24, 2.45) is 0 Å². The summed E-state index contributed by atoms with van der Waals surface area (Å²) in [6.07, 6.45) is 6.25. The van der Waals surface area contributed by atoms with Gasteiger partial charge in [0.25, 0.3) is 0 Å². The van der Waals surface area contributed by atoms with Crippen molar-refractivity contribution in [1.29, 1.82) is 0 Å². The van der Waals surface area contributed by atoms with Gasteiger partial charge in [0.2, 0.25) is 0 Å². The Kier molecular flexibility index (Phi) is 8.83. The number of fused-ring (bicyclic) bond motifs is 2. The van der Waals surface area contributed by atoms with Crippen LogP contribution >= 0.6 is 23.1 Å². The predicted molar refractivity (Wildman–Crippen MR) is 161 cm³/mol. The van der Waals surface area contributed by atoms with E-state index in [4.69, 9.17) is 9.84 Å². The monoisotopic (exact) mass is 572 g/mol. The van der Waals surface area contributed by atoms with Gasteiger partial charge in [0.15, 0.2) is 4.34 Å². The minimum Gasteiger partial charge on any atom is -0.493 e. The van der Waals surface area contributed by atoms with Gasteiger partial charge in [-0.3, -0.25) is 9.59 Å². The van der Waals surface area contributed by atoms with Gasteiger partial charge in [0, 0.05) is 35.8 Å². The van der Waals surface area contributed by atoms with Crippen molar-refractivity contribution >= 4 is 68.3 Å². The lowest BCUT2D eigenvalue weighted by Gasteiger charge is -2.06. The van der Waals surface area contributed by atoms with Gasteiger partial charge in [-0.15, -0.1) is 11.3 Å². The molecule has 40 heavy (non-hydrogen) atoms. The minimum absolute atomic E-state index is 0.0647. The number of thiazole rings is 1. The molecule has 9 heteroatoms. The highest BCUT2D eigenvalue weighted by Crippen LogP contribution is 2.30. The van der Waals surface area contributed by atoms with E-state index in [1.165, 1.54) is 4.70 Å². The van der Waals surface area contributed by atoms with Crippen LogP contribution in [0.5, 0.6) is 5.75 Å². The summed E-state index contributed by atoms with van der Waals surface area (Å²) in [5.74, 6) is -0.144. The molecule has 7 nitrogen and oxygen atoms in total. The van der Waals surface area contributed by atoms with Crippen LogP contribution in [-0.2, 0) is 22.6 Å². The van der Waals surface area contributed by atoms with Gasteiger partial charge in [-0.25, -0.2) is 4.98 Å². The van der Waals surface area contributed by atoms with E-state index in [2.05, 4.69) is 11.1 Å². The molecule has 0 bridgehead atoms. The molecule has 0 atom stereocenters. The van der Waals surface area contributed by atoms with E-state index in [0.717, 1.165) is 43.4 Å². The van der Waals surface area contributed by atoms with E-state index in [0.29, 0.717) is 25.1 Å². The fourth-order valence-corrected chi connectivity index (χ4v) is 6.51. The molecule has 0 saturated heterocycles. The summed E-state index contributed by atoms with van der Waals surface area (Å²) in [7, 11) is 0. The number of ether oxygens (including phenoxy) is 1. The summed E-state index contributed by atoms with van der Waals surface area (Å²) in [4.78, 5) is 27.1. The van der Waals surface area contributed by atoms with Gasteiger partial charge in [0.1, 0.15) is 5.75 Å². The largest absolute Gasteiger partial charge is 0.493 e. The number of aryl methyl sites for hydroxylation is 1. The maximum atomic E-state index is 11.5. The van der Waals surface area contributed by atoms with Crippen molar-refractivity contribution in [3.05, 3.63) is 89.6 Å². The highest BCUT2D eigenvalue weighted by molar-refractivity contribution is 8.01. The zero-order valence-corrected chi connectivity index (χ0v) is 23.3. The molecule has 204 valence electrons. The van der Waals surface area contributed by atoms with Crippen LogP contribution in [0, 0.1) is 0 Å². The normalized spacial score (nSPS) is 11.5. The topological polar surface area (TPSA) is 102 Å². The molecule has 0 aliphatic heterocycles. The summed E-state index contributed by atoms with van der Waals surface area (Å²) in [6.45, 7) is 1.09. The molecule has 0 unspecified atom stereocenters. The van der Waals surface area contributed by atoms with Crippen LogP contribution in [0.15, 0.2) is 77.3 Å². The zero-order chi connectivity index (χ0) is 27.9. The highest BCUT2D eigenvalue weighted by atomic mass is 32.2. The SMILES string of the molecule is O=C(O)CCCn1cc(CC(=O)O)c2c(C=Cc3ccc(OCCSc4nc5ccccc5s4)cc3)cccc21. The van der Waals surface area contributed by atoms with Crippen molar-refractivity contribution in [2.75, 3.05) is 12.4 Å². The number of carboxylic acids is 2. The molecule has 0 radical (unpaired) electrons. The van der Waals surface area contributed by atoms with Gasteiger partial charge < -0.3 is 19.5 Å². The van der Waals surface area contributed by atoms with Gasteiger partial charge in [-0.1, -0.05) is 60.3 Å². The lowest BCUT2D eigenvalue weighted by molar-refractivity contribution is -0.137. The summed E-state index contributed by atoms with van der Waals surface area (Å²) >= 11 is 3.39. The fourth-order valence-electron chi connectivity index (χ4n) is 4.55. The molecule has 0 spiro atoms. The van der Waals surface area contributed by atoms with E-state index < -0.39 is 11.9 Å². The third-order valence-electron chi connectivity index (χ3n) is 6.34. The van der Waals surface area contributed by atoms with Crippen molar-refractivity contribution in [3.63, 3.8) is 0 Å². The van der Waals surface area contributed by atoms with Crippen molar-refractivity contribution in [1.82, 2.24) is 9.55 Å². The Balaban J connectivity index is 1.22. The van der Waals surface area contributed by atoms with Crippen molar-refractivity contribution in [2.45, 2.75) is 30.1 Å². The lowest BCUT2D eigenvalue weighted by atomic mass is 10.0. The Morgan fingerprint density at radius 3 is 2.58 bits per heavy atom. The average Bonchev–Trinajstić information content (AvgIpc) is 3.51. The number of para-hydroxylation sites is 1. The quantitative estimate of drug-likeness (QED) is 0.0883. The number of carbonyl (C=O) groups is 2. The Morgan fingerprint density at radius 2 is 1.80 bits per heavy atom. The number of hydrogen-bond donors (Lipinski definition) is 2. The van der Waals surface area contributed by atoms with Crippen molar-refractivity contribution in [3.8, 4) is 5.75 Å². The van der Waals surface area contributed by atoms with Gasteiger partial charge >= 0.3 is 11.9 Å². The second kappa shape index (κ2) is 12.8.